The lowest BCUT2D eigenvalue weighted by atomic mass is 10.3. The van der Waals surface area contributed by atoms with E-state index in [0.717, 1.165) is 15.1 Å². The lowest BCUT2D eigenvalue weighted by Gasteiger charge is -2.13. The molecule has 0 spiro atoms. The molecule has 0 radical (unpaired) electrons. The Balaban J connectivity index is 2.22. The van der Waals surface area contributed by atoms with Crippen LogP contribution in [0.25, 0.3) is 10.2 Å². The average Bonchev–Trinajstić information content (AvgIpc) is 2.69. The van der Waals surface area contributed by atoms with Gasteiger partial charge in [-0.15, -0.1) is 12.6 Å². The summed E-state index contributed by atoms with van der Waals surface area (Å²) in [5.41, 5.74) is 0.877. The number of hydrogen-bond donors (Lipinski definition) is 2. The standard InChI is InChI=1S/C11H13N3OS2/c1-3-14(2)11(15)13-10-12-8-5-4-7(16)6-9(8)17-10/h4-6,16H,3H2,1-2H3,(H,12,13,15). The molecule has 0 aliphatic heterocycles. The van der Waals surface area contributed by atoms with E-state index in [1.54, 1.807) is 11.9 Å². The minimum Gasteiger partial charge on any atom is -0.328 e. The van der Waals surface area contributed by atoms with Crippen molar-refractivity contribution < 1.29 is 4.79 Å². The van der Waals surface area contributed by atoms with Gasteiger partial charge in [0.2, 0.25) is 0 Å². The highest BCUT2D eigenvalue weighted by atomic mass is 32.1. The summed E-state index contributed by atoms with van der Waals surface area (Å²) in [5, 5.41) is 3.39. The van der Waals surface area contributed by atoms with Crippen molar-refractivity contribution in [2.24, 2.45) is 0 Å². The molecule has 0 saturated carbocycles. The van der Waals surface area contributed by atoms with Crippen LogP contribution in [0.15, 0.2) is 23.1 Å². The topological polar surface area (TPSA) is 45.2 Å². The van der Waals surface area contributed by atoms with E-state index < -0.39 is 0 Å². The Bertz CT molecular complexity index is 553. The Morgan fingerprint density at radius 3 is 3.06 bits per heavy atom. The van der Waals surface area contributed by atoms with Crippen molar-refractivity contribution in [1.29, 1.82) is 0 Å². The Labute approximate surface area is 109 Å². The maximum atomic E-state index is 11.7. The van der Waals surface area contributed by atoms with E-state index in [0.29, 0.717) is 11.7 Å². The van der Waals surface area contributed by atoms with Crippen molar-refractivity contribution in [2.45, 2.75) is 11.8 Å². The van der Waals surface area contributed by atoms with Crippen molar-refractivity contribution in [2.75, 3.05) is 18.9 Å². The zero-order chi connectivity index (χ0) is 12.4. The van der Waals surface area contributed by atoms with Gasteiger partial charge >= 0.3 is 6.03 Å². The molecule has 1 aromatic heterocycles. The second-order valence-corrected chi connectivity index (χ2v) is 5.16. The van der Waals surface area contributed by atoms with E-state index in [-0.39, 0.29) is 6.03 Å². The Morgan fingerprint density at radius 1 is 1.59 bits per heavy atom. The summed E-state index contributed by atoms with van der Waals surface area (Å²) in [6, 6.07) is 5.58. The Hall–Kier alpha value is -1.27. The fraction of sp³-hybridized carbons (Fsp3) is 0.273. The monoisotopic (exact) mass is 267 g/mol. The molecule has 1 aromatic carbocycles. The lowest BCUT2D eigenvalue weighted by Crippen LogP contribution is -2.30. The van der Waals surface area contributed by atoms with Gasteiger partial charge in [0, 0.05) is 18.5 Å². The minimum absolute atomic E-state index is 0.141. The van der Waals surface area contributed by atoms with Gasteiger partial charge in [-0.3, -0.25) is 5.32 Å². The summed E-state index contributed by atoms with van der Waals surface area (Å²) in [6.07, 6.45) is 0. The number of rotatable bonds is 2. The normalized spacial score (nSPS) is 10.5. The van der Waals surface area contributed by atoms with Crippen molar-refractivity contribution in [1.82, 2.24) is 9.88 Å². The van der Waals surface area contributed by atoms with E-state index in [1.807, 2.05) is 25.1 Å². The van der Waals surface area contributed by atoms with Gasteiger partial charge in [-0.05, 0) is 25.1 Å². The molecule has 0 aliphatic rings. The molecule has 0 bridgehead atoms. The third kappa shape index (κ3) is 2.70. The summed E-state index contributed by atoms with van der Waals surface area (Å²) >= 11 is 5.72. The van der Waals surface area contributed by atoms with Crippen LogP contribution < -0.4 is 5.32 Å². The summed E-state index contributed by atoms with van der Waals surface area (Å²) < 4.78 is 1.02. The van der Waals surface area contributed by atoms with Crippen molar-refractivity contribution >= 4 is 45.3 Å². The predicted octanol–water partition coefficient (Wildman–Crippen LogP) is 3.07. The SMILES string of the molecule is CCN(C)C(=O)Nc1nc2ccc(S)cc2s1. The van der Waals surface area contributed by atoms with Gasteiger partial charge in [-0.1, -0.05) is 11.3 Å². The number of carbonyl (C=O) groups is 1. The van der Waals surface area contributed by atoms with Crippen LogP contribution >= 0.6 is 24.0 Å². The van der Waals surface area contributed by atoms with E-state index >= 15 is 0 Å². The molecule has 2 rings (SSSR count). The first-order valence-electron chi connectivity index (χ1n) is 5.22. The van der Waals surface area contributed by atoms with Crippen LogP contribution in [0.2, 0.25) is 0 Å². The number of amides is 2. The van der Waals surface area contributed by atoms with Crippen molar-refractivity contribution in [3.63, 3.8) is 0 Å². The van der Waals surface area contributed by atoms with Crippen molar-refractivity contribution in [3.05, 3.63) is 18.2 Å². The molecule has 17 heavy (non-hydrogen) atoms. The van der Waals surface area contributed by atoms with Crippen LogP contribution in [0.1, 0.15) is 6.92 Å². The lowest BCUT2D eigenvalue weighted by molar-refractivity contribution is 0.224. The quantitative estimate of drug-likeness (QED) is 0.821. The number of thiol groups is 1. The van der Waals surface area contributed by atoms with Gasteiger partial charge in [-0.2, -0.15) is 0 Å². The van der Waals surface area contributed by atoms with Crippen LogP contribution in [-0.2, 0) is 0 Å². The van der Waals surface area contributed by atoms with Crippen LogP contribution in [-0.4, -0.2) is 29.5 Å². The van der Waals surface area contributed by atoms with Crippen molar-refractivity contribution in [3.8, 4) is 0 Å². The second-order valence-electron chi connectivity index (χ2n) is 3.62. The van der Waals surface area contributed by atoms with Gasteiger partial charge in [-0.25, -0.2) is 9.78 Å². The highest BCUT2D eigenvalue weighted by Gasteiger charge is 2.10. The molecular formula is C11H13N3OS2. The summed E-state index contributed by atoms with van der Waals surface area (Å²) in [4.78, 5) is 18.5. The molecule has 1 N–H and O–H groups in total. The number of benzene rings is 1. The highest BCUT2D eigenvalue weighted by molar-refractivity contribution is 7.80. The summed E-state index contributed by atoms with van der Waals surface area (Å²) in [7, 11) is 1.74. The molecule has 0 saturated heterocycles. The minimum atomic E-state index is -0.141. The van der Waals surface area contributed by atoms with E-state index in [4.69, 9.17) is 0 Å². The largest absolute Gasteiger partial charge is 0.328 e. The third-order valence-corrected chi connectivity index (χ3v) is 3.62. The number of thiazole rings is 1. The first-order valence-corrected chi connectivity index (χ1v) is 6.48. The molecule has 0 unspecified atom stereocenters. The van der Waals surface area contributed by atoms with E-state index in [2.05, 4.69) is 22.9 Å². The Kier molecular flexibility index (Phi) is 3.54. The number of urea groups is 1. The number of nitrogens with one attached hydrogen (secondary N) is 1. The van der Waals surface area contributed by atoms with E-state index in [9.17, 15) is 4.79 Å². The molecule has 0 fully saturated rings. The zero-order valence-electron chi connectivity index (χ0n) is 9.60. The first kappa shape index (κ1) is 12.2. The molecular weight excluding hydrogens is 254 g/mol. The molecule has 4 nitrogen and oxygen atoms in total. The zero-order valence-corrected chi connectivity index (χ0v) is 11.3. The average molecular weight is 267 g/mol. The molecule has 2 aromatic rings. The first-order chi connectivity index (χ1) is 8.10. The summed E-state index contributed by atoms with van der Waals surface area (Å²) in [6.45, 7) is 2.59. The third-order valence-electron chi connectivity index (χ3n) is 2.41. The predicted molar refractivity (Wildman–Crippen MR) is 74.2 cm³/mol. The highest BCUT2D eigenvalue weighted by Crippen LogP contribution is 2.27. The van der Waals surface area contributed by atoms with Gasteiger partial charge in [0.15, 0.2) is 5.13 Å². The molecule has 1 heterocycles. The van der Waals surface area contributed by atoms with Gasteiger partial charge < -0.3 is 4.90 Å². The van der Waals surface area contributed by atoms with Gasteiger partial charge in [0.05, 0.1) is 10.2 Å². The van der Waals surface area contributed by atoms with Gasteiger partial charge in [0.25, 0.3) is 0 Å². The molecule has 0 aliphatic carbocycles. The number of carbonyl (C=O) groups excluding carboxylic acids is 1. The number of hydrogen-bond acceptors (Lipinski definition) is 4. The Morgan fingerprint density at radius 2 is 2.35 bits per heavy atom. The maximum absolute atomic E-state index is 11.7. The smallest absolute Gasteiger partial charge is 0.323 e. The number of anilines is 1. The van der Waals surface area contributed by atoms with Crippen LogP contribution in [0.4, 0.5) is 9.93 Å². The van der Waals surface area contributed by atoms with Crippen LogP contribution in [0.3, 0.4) is 0 Å². The van der Waals surface area contributed by atoms with Gasteiger partial charge in [0.1, 0.15) is 0 Å². The maximum Gasteiger partial charge on any atom is 0.323 e. The van der Waals surface area contributed by atoms with E-state index in [1.165, 1.54) is 11.3 Å². The second kappa shape index (κ2) is 4.93. The number of fused-ring (bicyclic) bond motifs is 1. The fourth-order valence-electron chi connectivity index (χ4n) is 1.30. The molecule has 2 amide bonds. The number of aromatic nitrogens is 1. The molecule has 6 heteroatoms. The fourth-order valence-corrected chi connectivity index (χ4v) is 2.48. The summed E-state index contributed by atoms with van der Waals surface area (Å²) in [5.74, 6) is 0. The van der Waals surface area contributed by atoms with Crippen LogP contribution in [0.5, 0.6) is 0 Å². The molecule has 0 atom stereocenters. The molecule has 90 valence electrons. The van der Waals surface area contributed by atoms with Crippen LogP contribution in [0, 0.1) is 0 Å². The number of nitrogens with zero attached hydrogens (tertiary/aromatic N) is 2.